The Morgan fingerprint density at radius 3 is 2.52 bits per heavy atom. The Balaban J connectivity index is 1.72. The lowest BCUT2D eigenvalue weighted by atomic mass is 9.35. The van der Waals surface area contributed by atoms with Crippen LogP contribution in [-0.2, 0) is 9.53 Å². The number of hydrogen-bond acceptors (Lipinski definition) is 3. The van der Waals surface area contributed by atoms with Crippen molar-refractivity contribution in [1.29, 1.82) is 0 Å². The SMILES string of the molecule is COC[C@H]1[C@@H]2CC[C@@]3(CC[C@H]4[C@@](C)(CCC[C@@]4(C)C(=O)O)[C@@H]3C2)[C@@H]1O. The molecule has 0 aromatic rings. The Bertz CT molecular complexity index is 562. The predicted molar refractivity (Wildman–Crippen MR) is 95.1 cm³/mol. The largest absolute Gasteiger partial charge is 0.481 e. The molecule has 5 aliphatic rings. The first-order valence-corrected chi connectivity index (χ1v) is 10.2. The lowest BCUT2D eigenvalue weighted by Gasteiger charge is -2.69. The van der Waals surface area contributed by atoms with Crippen LogP contribution in [0.3, 0.4) is 0 Å². The fourth-order valence-electron chi connectivity index (χ4n) is 8.15. The van der Waals surface area contributed by atoms with Gasteiger partial charge in [-0.15, -0.1) is 0 Å². The number of carboxylic acid groups (broad SMARTS) is 1. The van der Waals surface area contributed by atoms with Crippen LogP contribution in [0, 0.1) is 39.9 Å². The van der Waals surface area contributed by atoms with E-state index in [0.29, 0.717) is 18.4 Å². The van der Waals surface area contributed by atoms with Gasteiger partial charge in [-0.2, -0.15) is 0 Å². The topological polar surface area (TPSA) is 66.8 Å². The van der Waals surface area contributed by atoms with Crippen molar-refractivity contribution < 1.29 is 19.7 Å². The summed E-state index contributed by atoms with van der Waals surface area (Å²) in [6.07, 6.45) is 8.10. The summed E-state index contributed by atoms with van der Waals surface area (Å²) in [7, 11) is 1.74. The zero-order valence-corrected chi connectivity index (χ0v) is 16.0. The number of hydrogen-bond donors (Lipinski definition) is 2. The van der Waals surface area contributed by atoms with Crippen LogP contribution in [0.2, 0.25) is 0 Å². The van der Waals surface area contributed by atoms with E-state index in [1.54, 1.807) is 7.11 Å². The molecule has 0 unspecified atom stereocenters. The molecule has 25 heavy (non-hydrogen) atoms. The number of aliphatic carboxylic acids is 1. The lowest BCUT2D eigenvalue weighted by molar-refractivity contribution is -0.249. The summed E-state index contributed by atoms with van der Waals surface area (Å²) < 4.78 is 5.44. The average molecular weight is 350 g/mol. The van der Waals surface area contributed by atoms with E-state index in [4.69, 9.17) is 4.74 Å². The van der Waals surface area contributed by atoms with Crippen LogP contribution in [0.15, 0.2) is 0 Å². The van der Waals surface area contributed by atoms with Crippen molar-refractivity contribution in [1.82, 2.24) is 0 Å². The number of rotatable bonds is 3. The highest BCUT2D eigenvalue weighted by Gasteiger charge is 2.68. The highest BCUT2D eigenvalue weighted by molar-refractivity contribution is 5.75. The molecule has 4 nitrogen and oxygen atoms in total. The molecule has 4 heteroatoms. The number of ether oxygens (including phenoxy) is 1. The van der Waals surface area contributed by atoms with Gasteiger partial charge in [0, 0.05) is 18.4 Å². The summed E-state index contributed by atoms with van der Waals surface area (Å²) in [5.41, 5.74) is -0.538. The summed E-state index contributed by atoms with van der Waals surface area (Å²) in [6.45, 7) is 5.01. The Labute approximate surface area is 151 Å². The first-order valence-electron chi connectivity index (χ1n) is 10.2. The first kappa shape index (κ1) is 17.8. The van der Waals surface area contributed by atoms with E-state index in [0.717, 1.165) is 44.9 Å². The second kappa shape index (κ2) is 5.69. The Morgan fingerprint density at radius 2 is 1.84 bits per heavy atom. The first-order chi connectivity index (χ1) is 11.8. The molecule has 0 saturated heterocycles. The molecule has 0 amide bonds. The molecule has 5 aliphatic carbocycles. The third kappa shape index (κ3) is 2.16. The zero-order valence-electron chi connectivity index (χ0n) is 16.0. The van der Waals surface area contributed by atoms with Crippen molar-refractivity contribution in [2.45, 2.75) is 71.3 Å². The number of fused-ring (bicyclic) bond motifs is 3. The van der Waals surface area contributed by atoms with Gasteiger partial charge < -0.3 is 14.9 Å². The van der Waals surface area contributed by atoms with Crippen LogP contribution >= 0.6 is 0 Å². The Hall–Kier alpha value is -0.610. The fourth-order valence-corrected chi connectivity index (χ4v) is 8.15. The van der Waals surface area contributed by atoms with Gasteiger partial charge in [0.25, 0.3) is 0 Å². The normalized spacial score (nSPS) is 54.6. The smallest absolute Gasteiger partial charge is 0.309 e. The van der Waals surface area contributed by atoms with Gasteiger partial charge in [-0.05, 0) is 75.0 Å². The molecule has 5 fully saturated rings. The van der Waals surface area contributed by atoms with Crippen LogP contribution in [0.4, 0.5) is 0 Å². The molecule has 0 aromatic heterocycles. The van der Waals surface area contributed by atoms with Gasteiger partial charge in [-0.3, -0.25) is 4.79 Å². The van der Waals surface area contributed by atoms with Gasteiger partial charge in [0.1, 0.15) is 0 Å². The summed E-state index contributed by atoms with van der Waals surface area (Å²) >= 11 is 0. The van der Waals surface area contributed by atoms with Gasteiger partial charge >= 0.3 is 5.97 Å². The molecular weight excluding hydrogens is 316 g/mol. The second-order valence-electron chi connectivity index (χ2n) is 10.1. The second-order valence-corrected chi connectivity index (χ2v) is 10.1. The van der Waals surface area contributed by atoms with E-state index in [9.17, 15) is 15.0 Å². The van der Waals surface area contributed by atoms with Crippen molar-refractivity contribution in [3.8, 4) is 0 Å². The highest BCUT2D eigenvalue weighted by atomic mass is 16.5. The molecule has 1 spiro atoms. The minimum Gasteiger partial charge on any atom is -0.481 e. The lowest BCUT2D eigenvalue weighted by Crippen LogP contribution is -2.67. The standard InChI is InChI=1S/C21H34O4/c1-19-7-4-8-20(2,18(23)24)15(19)6-10-21-9-5-13(11-16(19)21)14(12-25-3)17(21)22/h13-17,22H,4-12H2,1-3H3,(H,23,24)/t13-,14+,15+,16+,17-,19-,20-,21+/m1/s1. The molecular formula is C21H34O4. The molecule has 5 rings (SSSR count). The number of carboxylic acids is 1. The monoisotopic (exact) mass is 350 g/mol. The molecule has 0 aliphatic heterocycles. The minimum absolute atomic E-state index is 0.0000496. The van der Waals surface area contributed by atoms with Gasteiger partial charge in [0.15, 0.2) is 0 Å². The summed E-state index contributed by atoms with van der Waals surface area (Å²) in [4.78, 5) is 12.1. The average Bonchev–Trinajstić information content (AvgIpc) is 2.57. The predicted octanol–water partition coefficient (Wildman–Crippen LogP) is 3.72. The van der Waals surface area contributed by atoms with Gasteiger partial charge in [-0.1, -0.05) is 13.3 Å². The van der Waals surface area contributed by atoms with Crippen molar-refractivity contribution in [2.75, 3.05) is 13.7 Å². The minimum atomic E-state index is -0.613. The molecule has 2 N–H and O–H groups in total. The van der Waals surface area contributed by atoms with Gasteiger partial charge in [0.05, 0.1) is 18.1 Å². The molecule has 2 bridgehead atoms. The molecule has 0 radical (unpaired) electrons. The number of aliphatic hydroxyl groups excluding tert-OH is 1. The van der Waals surface area contributed by atoms with Crippen LogP contribution in [0.1, 0.15) is 65.2 Å². The Morgan fingerprint density at radius 1 is 1.12 bits per heavy atom. The maximum Gasteiger partial charge on any atom is 0.309 e. The maximum absolute atomic E-state index is 12.1. The van der Waals surface area contributed by atoms with Crippen LogP contribution < -0.4 is 0 Å². The van der Waals surface area contributed by atoms with E-state index < -0.39 is 11.4 Å². The molecule has 8 atom stereocenters. The van der Waals surface area contributed by atoms with E-state index in [1.165, 1.54) is 6.42 Å². The third-order valence-electron chi connectivity index (χ3n) is 9.33. The number of aliphatic hydroxyl groups is 1. The van der Waals surface area contributed by atoms with Crippen molar-refractivity contribution in [3.63, 3.8) is 0 Å². The molecule has 142 valence electrons. The molecule has 0 heterocycles. The zero-order chi connectivity index (χ0) is 18.0. The van der Waals surface area contributed by atoms with Gasteiger partial charge in [-0.25, -0.2) is 0 Å². The van der Waals surface area contributed by atoms with E-state index in [-0.39, 0.29) is 28.8 Å². The van der Waals surface area contributed by atoms with Crippen LogP contribution in [0.25, 0.3) is 0 Å². The molecule has 0 aromatic carbocycles. The fraction of sp³-hybridized carbons (Fsp3) is 0.952. The number of carbonyl (C=O) groups is 1. The highest BCUT2D eigenvalue weighted by Crippen LogP contribution is 2.72. The van der Waals surface area contributed by atoms with E-state index in [2.05, 4.69) is 6.92 Å². The van der Waals surface area contributed by atoms with Crippen molar-refractivity contribution >= 4 is 5.97 Å². The van der Waals surface area contributed by atoms with Crippen molar-refractivity contribution in [2.24, 2.45) is 39.9 Å². The van der Waals surface area contributed by atoms with E-state index in [1.807, 2.05) is 6.92 Å². The Kier molecular flexibility index (Phi) is 4.05. The summed E-state index contributed by atoms with van der Waals surface area (Å²) in [6, 6.07) is 0. The van der Waals surface area contributed by atoms with E-state index >= 15 is 0 Å². The van der Waals surface area contributed by atoms with Crippen LogP contribution in [0.5, 0.6) is 0 Å². The van der Waals surface area contributed by atoms with Crippen molar-refractivity contribution in [3.05, 3.63) is 0 Å². The molecule has 5 saturated carbocycles. The maximum atomic E-state index is 12.1. The number of methoxy groups -OCH3 is 1. The van der Waals surface area contributed by atoms with Gasteiger partial charge in [0.2, 0.25) is 0 Å². The third-order valence-corrected chi connectivity index (χ3v) is 9.33. The summed E-state index contributed by atoms with van der Waals surface area (Å²) in [5.74, 6) is 0.909. The van der Waals surface area contributed by atoms with Crippen LogP contribution in [-0.4, -0.2) is 36.0 Å². The quantitative estimate of drug-likeness (QED) is 0.814. The summed E-state index contributed by atoms with van der Waals surface area (Å²) in [5, 5.41) is 21.3.